The first kappa shape index (κ1) is 19.5. The van der Waals surface area contributed by atoms with E-state index in [2.05, 4.69) is 26.0 Å². The molecular formula is C23H24N2O3. The summed E-state index contributed by atoms with van der Waals surface area (Å²) in [7, 11) is 1.67. The number of benzene rings is 2. The maximum absolute atomic E-state index is 12.9. The minimum absolute atomic E-state index is 0.00330. The molecule has 1 amide bonds. The van der Waals surface area contributed by atoms with Crippen molar-refractivity contribution in [3.8, 4) is 17.6 Å². The van der Waals surface area contributed by atoms with Gasteiger partial charge in [-0.05, 0) is 67.3 Å². The molecule has 1 aliphatic rings. The molecule has 28 heavy (non-hydrogen) atoms. The molecule has 2 aromatic carbocycles. The molecule has 3 rings (SSSR count). The fourth-order valence-corrected chi connectivity index (χ4v) is 3.69. The fraction of sp³-hybridized carbons (Fsp3) is 0.304. The van der Waals surface area contributed by atoms with Crippen LogP contribution in [-0.2, 0) is 11.2 Å². The van der Waals surface area contributed by atoms with Crippen LogP contribution in [0, 0.1) is 11.3 Å². The summed E-state index contributed by atoms with van der Waals surface area (Å²) < 4.78 is 10.6. The monoisotopic (exact) mass is 376 g/mol. The van der Waals surface area contributed by atoms with E-state index >= 15 is 0 Å². The number of rotatable bonds is 5. The van der Waals surface area contributed by atoms with Crippen LogP contribution in [-0.4, -0.2) is 30.6 Å². The molecule has 0 N–H and O–H groups in total. The van der Waals surface area contributed by atoms with Crippen LogP contribution in [0.15, 0.2) is 48.5 Å². The number of methoxy groups -OCH3 is 1. The van der Waals surface area contributed by atoms with Crippen molar-refractivity contribution in [3.05, 3.63) is 65.2 Å². The van der Waals surface area contributed by atoms with Crippen LogP contribution in [0.4, 0.5) is 0 Å². The number of carbonyl (C=O) groups is 1. The Kier molecular flexibility index (Phi) is 6.00. The Labute approximate surface area is 165 Å². The third-order valence-corrected chi connectivity index (χ3v) is 5.06. The third kappa shape index (κ3) is 4.17. The molecule has 0 saturated carbocycles. The predicted molar refractivity (Wildman–Crippen MR) is 108 cm³/mol. The van der Waals surface area contributed by atoms with Crippen molar-refractivity contribution in [1.29, 1.82) is 5.26 Å². The summed E-state index contributed by atoms with van der Waals surface area (Å²) in [5.41, 5.74) is 3.31. The van der Waals surface area contributed by atoms with Crippen LogP contribution in [0.1, 0.15) is 36.6 Å². The average Bonchev–Trinajstić information content (AvgIpc) is 2.71. The van der Waals surface area contributed by atoms with Crippen LogP contribution in [0.25, 0.3) is 6.08 Å². The molecule has 144 valence electrons. The van der Waals surface area contributed by atoms with Crippen molar-refractivity contribution in [2.45, 2.75) is 32.4 Å². The Bertz CT molecular complexity index is 912. The molecule has 0 aromatic heterocycles. The van der Waals surface area contributed by atoms with Gasteiger partial charge in [-0.2, -0.15) is 5.26 Å². The quantitative estimate of drug-likeness (QED) is 0.736. The molecule has 0 spiro atoms. The molecular weight excluding hydrogens is 352 g/mol. The van der Waals surface area contributed by atoms with Crippen molar-refractivity contribution in [1.82, 2.24) is 4.90 Å². The first-order valence-corrected chi connectivity index (χ1v) is 9.30. The van der Waals surface area contributed by atoms with Gasteiger partial charge >= 0.3 is 0 Å². The first-order chi connectivity index (χ1) is 13.5. The summed E-state index contributed by atoms with van der Waals surface area (Å²) in [6.45, 7) is 4.16. The second-order valence-electron chi connectivity index (χ2n) is 6.89. The Morgan fingerprint density at radius 3 is 2.61 bits per heavy atom. The van der Waals surface area contributed by atoms with Crippen LogP contribution in [0.5, 0.6) is 11.5 Å². The standard InChI is InChI=1S/C23H24N2O3/c1-16-14-19-15-21(27-3)9-10-22(19)17(2)25(16)23(26)11-6-18-4-7-20(8-5-18)28-13-12-24/h4-11,15-17H,13-14H2,1-3H3/b11-6+. The lowest BCUT2D eigenvalue weighted by Crippen LogP contribution is -2.44. The number of nitrogens with zero attached hydrogens (tertiary/aromatic N) is 2. The fourth-order valence-electron chi connectivity index (χ4n) is 3.69. The second kappa shape index (κ2) is 8.62. The summed E-state index contributed by atoms with van der Waals surface area (Å²) in [5.74, 6) is 1.47. The molecule has 2 unspecified atom stereocenters. The summed E-state index contributed by atoms with van der Waals surface area (Å²) in [4.78, 5) is 14.8. The van der Waals surface area contributed by atoms with E-state index in [4.69, 9.17) is 14.7 Å². The predicted octanol–water partition coefficient (Wildman–Crippen LogP) is 4.15. The topological polar surface area (TPSA) is 62.6 Å². The number of hydrogen-bond acceptors (Lipinski definition) is 4. The molecule has 1 aliphatic heterocycles. The van der Waals surface area contributed by atoms with Crippen LogP contribution in [0.3, 0.4) is 0 Å². The van der Waals surface area contributed by atoms with E-state index in [0.717, 1.165) is 17.7 Å². The van der Waals surface area contributed by atoms with Crippen LogP contribution >= 0.6 is 0 Å². The van der Waals surface area contributed by atoms with Gasteiger partial charge in [0.05, 0.1) is 13.2 Å². The van der Waals surface area contributed by atoms with Gasteiger partial charge in [0, 0.05) is 12.1 Å². The van der Waals surface area contributed by atoms with Gasteiger partial charge < -0.3 is 14.4 Å². The molecule has 0 radical (unpaired) electrons. The average molecular weight is 376 g/mol. The number of ether oxygens (including phenoxy) is 2. The molecule has 0 saturated heterocycles. The summed E-state index contributed by atoms with van der Waals surface area (Å²) in [5, 5.41) is 8.55. The molecule has 0 bridgehead atoms. The number of amides is 1. The van der Waals surface area contributed by atoms with Gasteiger partial charge in [0.2, 0.25) is 5.91 Å². The maximum atomic E-state index is 12.9. The highest BCUT2D eigenvalue weighted by atomic mass is 16.5. The summed E-state index contributed by atoms with van der Waals surface area (Å²) in [6.07, 6.45) is 4.23. The second-order valence-corrected chi connectivity index (χ2v) is 6.89. The first-order valence-electron chi connectivity index (χ1n) is 9.30. The highest BCUT2D eigenvalue weighted by molar-refractivity contribution is 5.92. The number of carbonyl (C=O) groups excluding carboxylic acids is 1. The van der Waals surface area contributed by atoms with Gasteiger partial charge in [-0.1, -0.05) is 18.2 Å². The number of fused-ring (bicyclic) bond motifs is 1. The van der Waals surface area contributed by atoms with E-state index in [1.165, 1.54) is 11.1 Å². The lowest BCUT2D eigenvalue weighted by molar-refractivity contribution is -0.130. The van der Waals surface area contributed by atoms with Gasteiger partial charge in [0.25, 0.3) is 0 Å². The Balaban J connectivity index is 1.73. The number of hydrogen-bond donors (Lipinski definition) is 0. The molecule has 1 heterocycles. The van der Waals surface area contributed by atoms with E-state index in [1.54, 1.807) is 31.4 Å². The van der Waals surface area contributed by atoms with Crippen molar-refractivity contribution in [3.63, 3.8) is 0 Å². The highest BCUT2D eigenvalue weighted by Crippen LogP contribution is 2.35. The third-order valence-electron chi connectivity index (χ3n) is 5.06. The Hall–Kier alpha value is -3.26. The van der Waals surface area contributed by atoms with Crippen molar-refractivity contribution in [2.75, 3.05) is 13.7 Å². The molecule has 0 fully saturated rings. The Morgan fingerprint density at radius 1 is 1.21 bits per heavy atom. The molecule has 5 nitrogen and oxygen atoms in total. The highest BCUT2D eigenvalue weighted by Gasteiger charge is 2.31. The molecule has 2 aromatic rings. The number of nitriles is 1. The lowest BCUT2D eigenvalue weighted by atomic mass is 9.89. The zero-order valence-electron chi connectivity index (χ0n) is 16.4. The van der Waals surface area contributed by atoms with Gasteiger partial charge in [-0.15, -0.1) is 0 Å². The van der Waals surface area contributed by atoms with E-state index in [0.29, 0.717) is 5.75 Å². The molecule has 2 atom stereocenters. The minimum atomic E-state index is -0.00808. The maximum Gasteiger partial charge on any atom is 0.247 e. The molecule has 5 heteroatoms. The SMILES string of the molecule is COc1ccc2c(c1)CC(C)N(C(=O)/C=C/c1ccc(OCC#N)cc1)C2C. The zero-order chi connectivity index (χ0) is 20.1. The smallest absolute Gasteiger partial charge is 0.247 e. The van der Waals surface area contributed by atoms with E-state index in [1.807, 2.05) is 29.2 Å². The van der Waals surface area contributed by atoms with Crippen molar-refractivity contribution in [2.24, 2.45) is 0 Å². The summed E-state index contributed by atoms with van der Waals surface area (Å²) >= 11 is 0. The summed E-state index contributed by atoms with van der Waals surface area (Å²) in [6, 6.07) is 15.4. The Morgan fingerprint density at radius 2 is 1.93 bits per heavy atom. The van der Waals surface area contributed by atoms with E-state index in [-0.39, 0.29) is 24.6 Å². The van der Waals surface area contributed by atoms with E-state index in [9.17, 15) is 4.79 Å². The van der Waals surface area contributed by atoms with Crippen LogP contribution in [0.2, 0.25) is 0 Å². The van der Waals surface area contributed by atoms with E-state index < -0.39 is 0 Å². The van der Waals surface area contributed by atoms with Crippen LogP contribution < -0.4 is 9.47 Å². The van der Waals surface area contributed by atoms with Gasteiger partial charge in [-0.3, -0.25) is 4.79 Å². The van der Waals surface area contributed by atoms with Crippen molar-refractivity contribution >= 4 is 12.0 Å². The van der Waals surface area contributed by atoms with Gasteiger partial charge in [-0.25, -0.2) is 0 Å². The minimum Gasteiger partial charge on any atom is -0.497 e. The van der Waals surface area contributed by atoms with Gasteiger partial charge in [0.1, 0.15) is 17.6 Å². The van der Waals surface area contributed by atoms with Crippen molar-refractivity contribution < 1.29 is 14.3 Å². The molecule has 0 aliphatic carbocycles. The lowest BCUT2D eigenvalue weighted by Gasteiger charge is -2.40. The zero-order valence-corrected chi connectivity index (χ0v) is 16.4. The normalized spacial score (nSPS) is 18.4. The van der Waals surface area contributed by atoms with Gasteiger partial charge in [0.15, 0.2) is 6.61 Å². The largest absolute Gasteiger partial charge is 0.497 e.